The number of nitrogens with zero attached hydrogens (tertiary/aromatic N) is 3. The lowest BCUT2D eigenvalue weighted by Crippen LogP contribution is -2.39. The highest BCUT2D eigenvalue weighted by Gasteiger charge is 2.11. The summed E-state index contributed by atoms with van der Waals surface area (Å²) in [5.74, 6) is 3.79. The minimum absolute atomic E-state index is 0. The highest BCUT2D eigenvalue weighted by Crippen LogP contribution is 2.18. The van der Waals surface area contributed by atoms with Crippen molar-refractivity contribution in [2.45, 2.75) is 53.0 Å². The largest absolute Gasteiger partial charge is 0.493 e. The van der Waals surface area contributed by atoms with E-state index in [4.69, 9.17) is 9.26 Å². The van der Waals surface area contributed by atoms with Crippen LogP contribution in [-0.4, -0.2) is 36.3 Å². The number of aromatic nitrogens is 2. The van der Waals surface area contributed by atoms with Crippen LogP contribution in [-0.2, 0) is 6.42 Å². The lowest BCUT2D eigenvalue weighted by Gasteiger charge is -2.18. The molecule has 162 valence electrons. The molecule has 1 aromatic heterocycles. The third-order valence-corrected chi connectivity index (χ3v) is 4.17. The number of nitrogens with one attached hydrogen (secondary N) is 2. The standard InChI is InChI=1S/C21H33N5O2.HI/c1-14(2)13-27-18-9-7-17(8-10-18)16(5)24-21(22-6)23-12-11-19-25-20(15(3)4)26-28-19;/h7-10,14-16H,11-13H2,1-6H3,(H2,22,23,24);1H. The summed E-state index contributed by atoms with van der Waals surface area (Å²) in [6.45, 7) is 11.9. The smallest absolute Gasteiger partial charge is 0.228 e. The Morgan fingerprint density at radius 1 is 1.14 bits per heavy atom. The first kappa shape index (κ1) is 25.2. The highest BCUT2D eigenvalue weighted by molar-refractivity contribution is 14.0. The molecule has 0 bridgehead atoms. The van der Waals surface area contributed by atoms with Crippen molar-refractivity contribution >= 4 is 29.9 Å². The third-order valence-electron chi connectivity index (χ3n) is 4.17. The van der Waals surface area contributed by atoms with E-state index in [1.807, 2.05) is 26.0 Å². The Morgan fingerprint density at radius 3 is 2.38 bits per heavy atom. The van der Waals surface area contributed by atoms with Crippen LogP contribution in [0.4, 0.5) is 0 Å². The quantitative estimate of drug-likeness (QED) is 0.294. The van der Waals surface area contributed by atoms with Crippen LogP contribution in [0.2, 0.25) is 0 Å². The van der Waals surface area contributed by atoms with Gasteiger partial charge in [0.15, 0.2) is 11.8 Å². The summed E-state index contributed by atoms with van der Waals surface area (Å²) in [5, 5.41) is 10.7. The number of hydrogen-bond donors (Lipinski definition) is 2. The van der Waals surface area contributed by atoms with E-state index in [9.17, 15) is 0 Å². The summed E-state index contributed by atoms with van der Waals surface area (Å²) in [5.41, 5.74) is 1.17. The normalized spacial score (nSPS) is 12.6. The fourth-order valence-electron chi connectivity index (χ4n) is 2.49. The Balaban J connectivity index is 0.00000420. The van der Waals surface area contributed by atoms with Gasteiger partial charge >= 0.3 is 0 Å². The molecule has 0 amide bonds. The third kappa shape index (κ3) is 8.59. The number of halogens is 1. The Hall–Kier alpha value is -1.84. The van der Waals surface area contributed by atoms with Crippen molar-refractivity contribution in [3.8, 4) is 5.75 Å². The first-order chi connectivity index (χ1) is 13.4. The highest BCUT2D eigenvalue weighted by atomic mass is 127. The molecule has 1 atom stereocenters. The second-order valence-electron chi connectivity index (χ2n) is 7.59. The van der Waals surface area contributed by atoms with Crippen LogP contribution in [0.15, 0.2) is 33.8 Å². The van der Waals surface area contributed by atoms with Crippen LogP contribution in [0.3, 0.4) is 0 Å². The lowest BCUT2D eigenvalue weighted by atomic mass is 10.1. The van der Waals surface area contributed by atoms with Crippen molar-refractivity contribution in [2.75, 3.05) is 20.2 Å². The molecule has 0 radical (unpaired) electrons. The van der Waals surface area contributed by atoms with Gasteiger partial charge in [0, 0.05) is 25.9 Å². The van der Waals surface area contributed by atoms with Crippen molar-refractivity contribution in [1.29, 1.82) is 0 Å². The molecule has 0 saturated heterocycles. The molecule has 2 N–H and O–H groups in total. The van der Waals surface area contributed by atoms with Gasteiger partial charge in [0.2, 0.25) is 5.89 Å². The fourth-order valence-corrected chi connectivity index (χ4v) is 2.49. The topological polar surface area (TPSA) is 84.6 Å². The van der Waals surface area contributed by atoms with Gasteiger partial charge in [-0.15, -0.1) is 24.0 Å². The fraction of sp³-hybridized carbons (Fsp3) is 0.571. The molecule has 0 fully saturated rings. The number of rotatable bonds is 9. The Bertz CT molecular complexity index is 744. The van der Waals surface area contributed by atoms with Crippen molar-refractivity contribution in [1.82, 2.24) is 20.8 Å². The Labute approximate surface area is 191 Å². The zero-order valence-corrected chi connectivity index (χ0v) is 20.6. The maximum atomic E-state index is 5.74. The lowest BCUT2D eigenvalue weighted by molar-refractivity contribution is 0.271. The maximum absolute atomic E-state index is 5.74. The molecule has 7 nitrogen and oxygen atoms in total. The van der Waals surface area contributed by atoms with Crippen LogP contribution in [0.25, 0.3) is 0 Å². The van der Waals surface area contributed by atoms with Crippen LogP contribution in [0.5, 0.6) is 5.75 Å². The summed E-state index contributed by atoms with van der Waals surface area (Å²) in [6, 6.07) is 8.28. The molecular weight excluding hydrogens is 481 g/mol. The summed E-state index contributed by atoms with van der Waals surface area (Å²) in [6.07, 6.45) is 0.649. The van der Waals surface area contributed by atoms with Crippen molar-refractivity contribution in [2.24, 2.45) is 10.9 Å². The van der Waals surface area contributed by atoms with Gasteiger partial charge in [-0.2, -0.15) is 4.98 Å². The SMILES string of the molecule is CN=C(NCCc1nc(C(C)C)no1)NC(C)c1ccc(OCC(C)C)cc1.I. The van der Waals surface area contributed by atoms with Crippen LogP contribution in [0, 0.1) is 5.92 Å². The molecule has 0 saturated carbocycles. The first-order valence-corrected chi connectivity index (χ1v) is 9.91. The molecule has 8 heteroatoms. The molecule has 0 aliphatic carbocycles. The zero-order valence-electron chi connectivity index (χ0n) is 18.2. The molecule has 0 aliphatic heterocycles. The van der Waals surface area contributed by atoms with Gasteiger partial charge in [0.1, 0.15) is 5.75 Å². The van der Waals surface area contributed by atoms with E-state index in [2.05, 4.69) is 58.7 Å². The first-order valence-electron chi connectivity index (χ1n) is 9.91. The van der Waals surface area contributed by atoms with Gasteiger partial charge in [0.25, 0.3) is 0 Å². The average molecular weight is 515 g/mol. The van der Waals surface area contributed by atoms with Gasteiger partial charge in [-0.05, 0) is 30.5 Å². The minimum Gasteiger partial charge on any atom is -0.493 e. The van der Waals surface area contributed by atoms with E-state index < -0.39 is 0 Å². The van der Waals surface area contributed by atoms with E-state index in [-0.39, 0.29) is 35.9 Å². The minimum atomic E-state index is 0. The summed E-state index contributed by atoms with van der Waals surface area (Å²) < 4.78 is 11.0. The van der Waals surface area contributed by atoms with Gasteiger partial charge in [-0.3, -0.25) is 4.99 Å². The van der Waals surface area contributed by atoms with Gasteiger partial charge in [-0.1, -0.05) is 45.0 Å². The Kier molecular flexibility index (Phi) is 11.0. The molecule has 1 heterocycles. The van der Waals surface area contributed by atoms with Gasteiger partial charge < -0.3 is 19.9 Å². The predicted molar refractivity (Wildman–Crippen MR) is 127 cm³/mol. The average Bonchev–Trinajstić information content (AvgIpc) is 3.15. The monoisotopic (exact) mass is 515 g/mol. The van der Waals surface area contributed by atoms with E-state index in [1.165, 1.54) is 5.56 Å². The maximum Gasteiger partial charge on any atom is 0.228 e. The molecule has 2 aromatic rings. The number of hydrogen-bond acceptors (Lipinski definition) is 5. The van der Waals surface area contributed by atoms with Crippen LogP contribution >= 0.6 is 24.0 Å². The number of benzene rings is 1. The number of aliphatic imine (C=N–C) groups is 1. The van der Waals surface area contributed by atoms with Crippen molar-refractivity contribution in [3.05, 3.63) is 41.5 Å². The van der Waals surface area contributed by atoms with Gasteiger partial charge in [-0.25, -0.2) is 0 Å². The number of ether oxygens (including phenoxy) is 1. The van der Waals surface area contributed by atoms with E-state index >= 15 is 0 Å². The molecule has 1 aromatic carbocycles. The van der Waals surface area contributed by atoms with Gasteiger partial charge in [0.05, 0.1) is 12.6 Å². The predicted octanol–water partition coefficient (Wildman–Crippen LogP) is 4.31. The molecule has 0 aliphatic rings. The molecule has 29 heavy (non-hydrogen) atoms. The van der Waals surface area contributed by atoms with E-state index in [0.717, 1.165) is 24.1 Å². The summed E-state index contributed by atoms with van der Waals surface area (Å²) in [4.78, 5) is 8.67. The summed E-state index contributed by atoms with van der Waals surface area (Å²) >= 11 is 0. The van der Waals surface area contributed by atoms with Crippen molar-refractivity contribution < 1.29 is 9.26 Å². The van der Waals surface area contributed by atoms with Crippen LogP contribution < -0.4 is 15.4 Å². The Morgan fingerprint density at radius 2 is 1.83 bits per heavy atom. The zero-order chi connectivity index (χ0) is 20.5. The molecule has 0 spiro atoms. The molecular formula is C21H34IN5O2. The van der Waals surface area contributed by atoms with Crippen molar-refractivity contribution in [3.63, 3.8) is 0 Å². The van der Waals surface area contributed by atoms with Crippen LogP contribution in [0.1, 0.15) is 63.9 Å². The van der Waals surface area contributed by atoms with E-state index in [0.29, 0.717) is 24.8 Å². The van der Waals surface area contributed by atoms with E-state index in [1.54, 1.807) is 7.05 Å². The second kappa shape index (κ2) is 12.7. The summed E-state index contributed by atoms with van der Waals surface area (Å²) in [7, 11) is 1.76. The molecule has 1 unspecified atom stereocenters. The number of guanidine groups is 1. The molecule has 2 rings (SSSR count). The second-order valence-corrected chi connectivity index (χ2v) is 7.59.